The summed E-state index contributed by atoms with van der Waals surface area (Å²) in [4.78, 5) is 11.9. The number of carboxylic acids is 1. The Kier molecular flexibility index (Phi) is 6.12. The van der Waals surface area contributed by atoms with Crippen LogP contribution in [0.4, 0.5) is 0 Å². The molecule has 1 atom stereocenters. The van der Waals surface area contributed by atoms with Gasteiger partial charge in [0.2, 0.25) is 10.0 Å². The van der Waals surface area contributed by atoms with Crippen LogP contribution in [-0.2, 0) is 21.2 Å². The van der Waals surface area contributed by atoms with Gasteiger partial charge in [-0.1, -0.05) is 23.8 Å². The maximum absolute atomic E-state index is 12.7. The molecule has 0 saturated heterocycles. The zero-order valence-electron chi connectivity index (χ0n) is 15.6. The van der Waals surface area contributed by atoms with Crippen LogP contribution in [0.15, 0.2) is 47.4 Å². The lowest BCUT2D eigenvalue weighted by atomic mass is 9.94. The first-order valence-electron chi connectivity index (χ1n) is 8.16. The maximum atomic E-state index is 12.7. The normalized spacial score (nSPS) is 13.6. The number of hydrogen-bond donors (Lipinski definition) is 2. The van der Waals surface area contributed by atoms with Crippen molar-refractivity contribution in [1.29, 1.82) is 0 Å². The number of sulfonamides is 1. The Balaban J connectivity index is 2.35. The molecule has 0 saturated carbocycles. The molecular weight excluding hydrogens is 370 g/mol. The molecule has 8 heteroatoms. The van der Waals surface area contributed by atoms with Gasteiger partial charge in [0, 0.05) is 6.42 Å². The number of nitrogens with one attached hydrogen (secondary N) is 1. The van der Waals surface area contributed by atoms with E-state index in [1.54, 1.807) is 30.3 Å². The molecule has 2 aromatic rings. The van der Waals surface area contributed by atoms with E-state index < -0.39 is 21.5 Å². The quantitative estimate of drug-likeness (QED) is 0.714. The fourth-order valence-corrected chi connectivity index (χ4v) is 3.99. The number of carbonyl (C=O) groups is 1. The van der Waals surface area contributed by atoms with E-state index in [1.165, 1.54) is 33.3 Å². The first-order valence-corrected chi connectivity index (χ1v) is 9.64. The molecule has 2 N–H and O–H groups in total. The summed E-state index contributed by atoms with van der Waals surface area (Å²) in [7, 11) is -1.05. The highest BCUT2D eigenvalue weighted by Crippen LogP contribution is 2.29. The summed E-state index contributed by atoms with van der Waals surface area (Å²) >= 11 is 0. The molecule has 0 bridgehead atoms. The Bertz CT molecular complexity index is 924. The second kappa shape index (κ2) is 7.98. The number of benzene rings is 2. The van der Waals surface area contributed by atoms with Gasteiger partial charge < -0.3 is 14.6 Å². The number of ether oxygens (including phenoxy) is 2. The molecule has 0 heterocycles. The highest BCUT2D eigenvalue weighted by Gasteiger charge is 2.38. The van der Waals surface area contributed by atoms with Gasteiger partial charge in [0.1, 0.15) is 5.54 Å². The first kappa shape index (κ1) is 20.7. The molecule has 0 aliphatic rings. The third kappa shape index (κ3) is 4.78. The number of carboxylic acid groups (broad SMARTS) is 1. The monoisotopic (exact) mass is 393 g/mol. The van der Waals surface area contributed by atoms with Gasteiger partial charge in [0.15, 0.2) is 11.5 Å². The van der Waals surface area contributed by atoms with E-state index in [0.717, 1.165) is 5.56 Å². The summed E-state index contributed by atoms with van der Waals surface area (Å²) in [6.07, 6.45) is -0.0756. The Hall–Kier alpha value is -2.58. The number of hydrogen-bond acceptors (Lipinski definition) is 5. The molecule has 2 aromatic carbocycles. The van der Waals surface area contributed by atoms with E-state index in [-0.39, 0.29) is 11.3 Å². The molecule has 0 unspecified atom stereocenters. The first-order chi connectivity index (χ1) is 12.6. The molecule has 0 aromatic heterocycles. The van der Waals surface area contributed by atoms with Crippen LogP contribution in [0.5, 0.6) is 11.5 Å². The summed E-state index contributed by atoms with van der Waals surface area (Å²) in [5.74, 6) is -0.351. The molecule has 0 radical (unpaired) electrons. The summed E-state index contributed by atoms with van der Waals surface area (Å²) < 4.78 is 38.0. The topological polar surface area (TPSA) is 102 Å². The molecule has 0 fully saturated rings. The molecule has 7 nitrogen and oxygen atoms in total. The minimum atomic E-state index is -4.02. The maximum Gasteiger partial charge on any atom is 0.324 e. The van der Waals surface area contributed by atoms with Crippen molar-refractivity contribution in [2.24, 2.45) is 0 Å². The SMILES string of the molecule is COc1ccc(C[C@](C)(NS(=O)(=O)c2ccc(C)cc2)C(=O)O)cc1OC. The van der Waals surface area contributed by atoms with Gasteiger partial charge in [-0.05, 0) is 43.7 Å². The predicted octanol–water partition coefficient (Wildman–Crippen LogP) is 2.38. The number of aryl methyl sites for hydroxylation is 1. The van der Waals surface area contributed by atoms with E-state index in [2.05, 4.69) is 4.72 Å². The summed E-state index contributed by atoms with van der Waals surface area (Å²) in [5, 5.41) is 9.69. The standard InChI is InChI=1S/C19H23NO6S/c1-13-5-8-15(9-6-13)27(23,24)20-19(2,18(21)22)12-14-7-10-16(25-3)17(11-14)26-4/h5-11,20H,12H2,1-4H3,(H,21,22)/t19-/m0/s1. The fourth-order valence-electron chi connectivity index (χ4n) is 2.63. The smallest absolute Gasteiger partial charge is 0.324 e. The Morgan fingerprint density at radius 3 is 2.19 bits per heavy atom. The summed E-state index contributed by atoms with van der Waals surface area (Å²) in [6, 6.07) is 11.1. The van der Waals surface area contributed by atoms with Gasteiger partial charge in [-0.3, -0.25) is 4.79 Å². The zero-order valence-corrected chi connectivity index (χ0v) is 16.5. The van der Waals surface area contributed by atoms with Crippen LogP contribution in [0.2, 0.25) is 0 Å². The molecule has 0 aliphatic carbocycles. The van der Waals surface area contributed by atoms with Crippen LogP contribution in [0.1, 0.15) is 18.1 Å². The highest BCUT2D eigenvalue weighted by atomic mass is 32.2. The lowest BCUT2D eigenvalue weighted by Crippen LogP contribution is -2.53. The van der Waals surface area contributed by atoms with Crippen LogP contribution < -0.4 is 14.2 Å². The van der Waals surface area contributed by atoms with Crippen molar-refractivity contribution in [2.75, 3.05) is 14.2 Å². The molecule has 146 valence electrons. The van der Waals surface area contributed by atoms with Gasteiger partial charge in [0.25, 0.3) is 0 Å². The lowest BCUT2D eigenvalue weighted by molar-refractivity contribution is -0.143. The van der Waals surface area contributed by atoms with Gasteiger partial charge in [-0.2, -0.15) is 4.72 Å². The number of rotatable bonds is 8. The zero-order chi connectivity index (χ0) is 20.2. The minimum absolute atomic E-state index is 0.00730. The van der Waals surface area contributed by atoms with E-state index in [0.29, 0.717) is 17.1 Å². The van der Waals surface area contributed by atoms with E-state index >= 15 is 0 Å². The number of aliphatic carboxylic acids is 1. The van der Waals surface area contributed by atoms with E-state index in [4.69, 9.17) is 9.47 Å². The van der Waals surface area contributed by atoms with Crippen molar-refractivity contribution in [3.8, 4) is 11.5 Å². The average molecular weight is 393 g/mol. The van der Waals surface area contributed by atoms with E-state index in [9.17, 15) is 18.3 Å². The van der Waals surface area contributed by atoms with Crippen molar-refractivity contribution in [1.82, 2.24) is 4.72 Å². The third-order valence-electron chi connectivity index (χ3n) is 4.17. The van der Waals surface area contributed by atoms with Crippen molar-refractivity contribution in [2.45, 2.75) is 30.7 Å². The Morgan fingerprint density at radius 2 is 1.67 bits per heavy atom. The molecule has 27 heavy (non-hydrogen) atoms. The van der Waals surface area contributed by atoms with Crippen LogP contribution in [-0.4, -0.2) is 39.3 Å². The van der Waals surface area contributed by atoms with Gasteiger partial charge in [-0.15, -0.1) is 0 Å². The predicted molar refractivity (Wildman–Crippen MR) is 101 cm³/mol. The summed E-state index contributed by atoms with van der Waals surface area (Å²) in [6.45, 7) is 3.17. The van der Waals surface area contributed by atoms with E-state index in [1.807, 2.05) is 6.92 Å². The van der Waals surface area contributed by atoms with Crippen molar-refractivity contribution < 1.29 is 27.8 Å². The Labute approximate surface area is 159 Å². The van der Waals surface area contributed by atoms with Crippen LogP contribution in [0.25, 0.3) is 0 Å². The molecular formula is C19H23NO6S. The van der Waals surface area contributed by atoms with Crippen molar-refractivity contribution >= 4 is 16.0 Å². The fraction of sp³-hybridized carbons (Fsp3) is 0.316. The number of methoxy groups -OCH3 is 2. The van der Waals surface area contributed by atoms with Gasteiger partial charge in [0.05, 0.1) is 19.1 Å². The van der Waals surface area contributed by atoms with Crippen molar-refractivity contribution in [3.05, 3.63) is 53.6 Å². The molecule has 2 rings (SSSR count). The van der Waals surface area contributed by atoms with Crippen LogP contribution >= 0.6 is 0 Å². The molecule has 0 aliphatic heterocycles. The lowest BCUT2D eigenvalue weighted by Gasteiger charge is -2.26. The minimum Gasteiger partial charge on any atom is -0.493 e. The Morgan fingerprint density at radius 1 is 1.07 bits per heavy atom. The largest absolute Gasteiger partial charge is 0.493 e. The van der Waals surface area contributed by atoms with Crippen LogP contribution in [0.3, 0.4) is 0 Å². The highest BCUT2D eigenvalue weighted by molar-refractivity contribution is 7.89. The average Bonchev–Trinajstić information content (AvgIpc) is 2.61. The third-order valence-corrected chi connectivity index (χ3v) is 5.78. The molecule has 0 amide bonds. The molecule has 0 spiro atoms. The second-order valence-electron chi connectivity index (χ2n) is 6.42. The van der Waals surface area contributed by atoms with Crippen molar-refractivity contribution in [3.63, 3.8) is 0 Å². The van der Waals surface area contributed by atoms with Gasteiger partial charge in [-0.25, -0.2) is 8.42 Å². The van der Waals surface area contributed by atoms with Gasteiger partial charge >= 0.3 is 5.97 Å². The van der Waals surface area contributed by atoms with Crippen LogP contribution in [0, 0.1) is 6.92 Å². The summed E-state index contributed by atoms with van der Waals surface area (Å²) in [5.41, 5.74) is -0.256. The second-order valence-corrected chi connectivity index (χ2v) is 8.10.